The van der Waals surface area contributed by atoms with Crippen molar-refractivity contribution in [1.29, 1.82) is 0 Å². The summed E-state index contributed by atoms with van der Waals surface area (Å²) < 4.78 is 6.03. The molecule has 7 heteroatoms. The predicted octanol–water partition coefficient (Wildman–Crippen LogP) is 1.65. The first-order chi connectivity index (χ1) is 10.0. The van der Waals surface area contributed by atoms with Gasteiger partial charge in [0.2, 0.25) is 0 Å². The van der Waals surface area contributed by atoms with Crippen molar-refractivity contribution in [3.63, 3.8) is 0 Å². The second kappa shape index (κ2) is 6.00. The zero-order valence-electron chi connectivity index (χ0n) is 11.2. The molecule has 1 aromatic carbocycles. The molecule has 0 N–H and O–H groups in total. The minimum absolute atomic E-state index is 0.243. The number of Topliss-reactive ketones (excluding diaryl/α,β-unsaturated/α-hetero) is 1. The molecule has 1 heterocycles. The van der Waals surface area contributed by atoms with Crippen molar-refractivity contribution in [2.75, 3.05) is 7.11 Å². The van der Waals surface area contributed by atoms with Gasteiger partial charge in [0.15, 0.2) is 5.78 Å². The molecule has 108 valence electrons. The fourth-order valence-corrected chi connectivity index (χ4v) is 1.79. The third kappa shape index (κ3) is 3.33. The Morgan fingerprint density at radius 2 is 2.10 bits per heavy atom. The van der Waals surface area contributed by atoms with Crippen LogP contribution in [0.25, 0.3) is 0 Å². The number of nitro groups is 1. The normalized spacial score (nSPS) is 10.1. The molecule has 0 bridgehead atoms. The van der Waals surface area contributed by atoms with Gasteiger partial charge in [-0.15, -0.1) is 0 Å². The number of hydrogen-bond acceptors (Lipinski definition) is 5. The molecule has 0 atom stereocenters. The summed E-state index contributed by atoms with van der Waals surface area (Å²) in [6.07, 6.45) is 1.06. The lowest BCUT2D eigenvalue weighted by Crippen LogP contribution is -2.23. The van der Waals surface area contributed by atoms with E-state index in [0.29, 0.717) is 11.3 Å². The highest BCUT2D eigenvalue weighted by molar-refractivity contribution is 5.96. The van der Waals surface area contributed by atoms with Gasteiger partial charge in [-0.25, -0.2) is 0 Å². The van der Waals surface area contributed by atoms with Gasteiger partial charge in [-0.05, 0) is 12.1 Å². The number of benzene rings is 1. The van der Waals surface area contributed by atoms with Crippen molar-refractivity contribution < 1.29 is 14.5 Å². The average Bonchev–Trinajstić information content (AvgIpc) is 2.49. The second-order valence-corrected chi connectivity index (χ2v) is 4.27. The lowest BCUT2D eigenvalue weighted by Gasteiger charge is -2.06. The van der Waals surface area contributed by atoms with E-state index >= 15 is 0 Å². The van der Waals surface area contributed by atoms with Crippen LogP contribution >= 0.6 is 0 Å². The third-order valence-corrected chi connectivity index (χ3v) is 2.88. The van der Waals surface area contributed by atoms with Crippen molar-refractivity contribution in [2.24, 2.45) is 0 Å². The zero-order chi connectivity index (χ0) is 15.4. The van der Waals surface area contributed by atoms with Crippen LogP contribution in [-0.2, 0) is 6.54 Å². The van der Waals surface area contributed by atoms with Crippen molar-refractivity contribution >= 4 is 11.5 Å². The molecule has 0 saturated heterocycles. The van der Waals surface area contributed by atoms with E-state index < -0.39 is 10.5 Å². The Labute approximate surface area is 119 Å². The Bertz CT molecular complexity index is 751. The quantitative estimate of drug-likeness (QED) is 0.474. The van der Waals surface area contributed by atoms with Crippen molar-refractivity contribution in [3.05, 3.63) is 68.6 Å². The van der Waals surface area contributed by atoms with Crippen LogP contribution in [0.5, 0.6) is 5.75 Å². The lowest BCUT2D eigenvalue weighted by atomic mass is 10.1. The van der Waals surface area contributed by atoms with Crippen LogP contribution in [0.3, 0.4) is 0 Å². The van der Waals surface area contributed by atoms with Crippen LogP contribution in [0.4, 0.5) is 5.69 Å². The van der Waals surface area contributed by atoms with Gasteiger partial charge < -0.3 is 9.30 Å². The highest BCUT2D eigenvalue weighted by atomic mass is 16.6. The predicted molar refractivity (Wildman–Crippen MR) is 74.7 cm³/mol. The van der Waals surface area contributed by atoms with Gasteiger partial charge in [-0.3, -0.25) is 19.7 Å². The maximum atomic E-state index is 12.1. The minimum Gasteiger partial charge on any atom is -0.497 e. The second-order valence-electron chi connectivity index (χ2n) is 4.27. The summed E-state index contributed by atoms with van der Waals surface area (Å²) in [5.74, 6) is 0.184. The summed E-state index contributed by atoms with van der Waals surface area (Å²) in [5, 5.41) is 10.7. The SMILES string of the molecule is COc1cccc(C(=O)Cn2cc([N+](=O)[O-])ccc2=O)c1. The number of carbonyl (C=O) groups is 1. The number of nitrogens with zero attached hydrogens (tertiary/aromatic N) is 2. The van der Waals surface area contributed by atoms with Gasteiger partial charge in [0, 0.05) is 17.7 Å². The first kappa shape index (κ1) is 14.4. The topological polar surface area (TPSA) is 91.4 Å². The molecule has 0 radical (unpaired) electrons. The van der Waals surface area contributed by atoms with Crippen LogP contribution < -0.4 is 10.3 Å². The van der Waals surface area contributed by atoms with Crippen LogP contribution in [0.15, 0.2) is 47.4 Å². The Morgan fingerprint density at radius 3 is 2.76 bits per heavy atom. The smallest absolute Gasteiger partial charge is 0.285 e. The largest absolute Gasteiger partial charge is 0.497 e. The summed E-state index contributed by atoms with van der Waals surface area (Å²) in [6.45, 7) is -0.270. The molecule has 1 aromatic heterocycles. The standard InChI is InChI=1S/C14H12N2O5/c1-21-12-4-2-3-10(7-12)13(17)9-15-8-11(16(19)20)5-6-14(15)18/h2-8H,9H2,1H3. The van der Waals surface area contributed by atoms with E-state index in [0.717, 1.165) is 22.9 Å². The van der Waals surface area contributed by atoms with E-state index in [9.17, 15) is 19.7 Å². The molecule has 21 heavy (non-hydrogen) atoms. The van der Waals surface area contributed by atoms with E-state index in [1.807, 2.05) is 0 Å². The van der Waals surface area contributed by atoms with Crippen LogP contribution in [0.2, 0.25) is 0 Å². The molecular formula is C14H12N2O5. The van der Waals surface area contributed by atoms with Gasteiger partial charge in [0.1, 0.15) is 5.75 Å². The Hall–Kier alpha value is -2.96. The number of methoxy groups -OCH3 is 1. The lowest BCUT2D eigenvalue weighted by molar-refractivity contribution is -0.385. The first-order valence-electron chi connectivity index (χ1n) is 6.03. The van der Waals surface area contributed by atoms with E-state index in [2.05, 4.69) is 0 Å². The molecule has 0 unspecified atom stereocenters. The van der Waals surface area contributed by atoms with Crippen molar-refractivity contribution in [3.8, 4) is 5.75 Å². The van der Waals surface area contributed by atoms with Gasteiger partial charge in [0.05, 0.1) is 24.8 Å². The highest BCUT2D eigenvalue weighted by Crippen LogP contribution is 2.14. The highest BCUT2D eigenvalue weighted by Gasteiger charge is 2.12. The molecule has 2 rings (SSSR count). The minimum atomic E-state index is -0.619. The number of ketones is 1. The Balaban J connectivity index is 2.28. The number of pyridine rings is 1. The summed E-state index contributed by atoms with van der Waals surface area (Å²) >= 11 is 0. The molecule has 0 aliphatic carbocycles. The average molecular weight is 288 g/mol. The number of carbonyl (C=O) groups excluding carboxylic acids is 1. The maximum Gasteiger partial charge on any atom is 0.285 e. The molecule has 0 saturated carbocycles. The van der Waals surface area contributed by atoms with Crippen LogP contribution in [0, 0.1) is 10.1 Å². The van der Waals surface area contributed by atoms with Crippen LogP contribution in [-0.4, -0.2) is 22.4 Å². The first-order valence-corrected chi connectivity index (χ1v) is 6.03. The third-order valence-electron chi connectivity index (χ3n) is 2.88. The molecule has 0 fully saturated rings. The molecule has 0 spiro atoms. The number of rotatable bonds is 5. The molecule has 0 aliphatic heterocycles. The number of ether oxygens (including phenoxy) is 1. The number of hydrogen-bond donors (Lipinski definition) is 0. The monoisotopic (exact) mass is 288 g/mol. The van der Waals surface area contributed by atoms with Crippen molar-refractivity contribution in [2.45, 2.75) is 6.54 Å². The molecule has 2 aromatic rings. The van der Waals surface area contributed by atoms with Gasteiger partial charge in [0.25, 0.3) is 11.2 Å². The summed E-state index contributed by atoms with van der Waals surface area (Å²) in [4.78, 5) is 33.9. The van der Waals surface area contributed by atoms with E-state index in [-0.39, 0.29) is 18.0 Å². The van der Waals surface area contributed by atoms with E-state index in [1.165, 1.54) is 7.11 Å². The summed E-state index contributed by atoms with van der Waals surface area (Å²) in [6, 6.07) is 8.66. The molecular weight excluding hydrogens is 276 g/mol. The Kier molecular flexibility index (Phi) is 4.13. The van der Waals surface area contributed by atoms with Crippen molar-refractivity contribution in [1.82, 2.24) is 4.57 Å². The summed E-state index contributed by atoms with van der Waals surface area (Å²) in [5.41, 5.74) is -0.349. The van der Waals surface area contributed by atoms with Crippen LogP contribution in [0.1, 0.15) is 10.4 Å². The van der Waals surface area contributed by atoms with E-state index in [1.54, 1.807) is 24.3 Å². The Morgan fingerprint density at radius 1 is 1.33 bits per heavy atom. The maximum absolute atomic E-state index is 12.1. The fraction of sp³-hybridized carbons (Fsp3) is 0.143. The summed E-state index contributed by atoms with van der Waals surface area (Å²) in [7, 11) is 1.48. The van der Waals surface area contributed by atoms with Gasteiger partial charge in [-0.2, -0.15) is 0 Å². The zero-order valence-corrected chi connectivity index (χ0v) is 11.2. The van der Waals surface area contributed by atoms with E-state index in [4.69, 9.17) is 4.74 Å². The fourth-order valence-electron chi connectivity index (χ4n) is 1.79. The molecule has 0 aliphatic rings. The molecule has 7 nitrogen and oxygen atoms in total. The van der Waals surface area contributed by atoms with Gasteiger partial charge in [-0.1, -0.05) is 12.1 Å². The molecule has 0 amide bonds. The number of aromatic nitrogens is 1. The van der Waals surface area contributed by atoms with Gasteiger partial charge >= 0.3 is 0 Å².